The van der Waals surface area contributed by atoms with E-state index < -0.39 is 0 Å². The van der Waals surface area contributed by atoms with Gasteiger partial charge in [-0.3, -0.25) is 9.69 Å². The first kappa shape index (κ1) is 26.8. The third-order valence-corrected chi connectivity index (χ3v) is 6.60. The molecule has 4 rings (SSSR count). The van der Waals surface area contributed by atoms with Crippen LogP contribution < -0.4 is 16.0 Å². The van der Waals surface area contributed by atoms with Crippen molar-refractivity contribution < 1.29 is 14.3 Å². The molecule has 2 aliphatic heterocycles. The number of pyridine rings is 1. The summed E-state index contributed by atoms with van der Waals surface area (Å²) in [4.78, 5) is 34.1. The van der Waals surface area contributed by atoms with Gasteiger partial charge < -0.3 is 25.6 Å². The number of ketones is 1. The number of nitrogens with zero attached hydrogens (tertiary/aromatic N) is 3. The molecule has 3 heterocycles. The van der Waals surface area contributed by atoms with Gasteiger partial charge in [-0.2, -0.15) is 0 Å². The van der Waals surface area contributed by atoms with Gasteiger partial charge in [-0.25, -0.2) is 9.78 Å². The van der Waals surface area contributed by atoms with E-state index in [1.165, 1.54) is 38.4 Å². The van der Waals surface area contributed by atoms with Crippen LogP contribution in [0.4, 0.5) is 16.3 Å². The average molecular weight is 507 g/mol. The van der Waals surface area contributed by atoms with Crippen LogP contribution in [0.5, 0.6) is 0 Å². The molecule has 1 aromatic carbocycles. The molecule has 2 saturated heterocycles. The molecule has 0 spiro atoms. The molecular weight excluding hydrogens is 468 g/mol. The molecule has 9 heteroatoms. The average Bonchev–Trinajstić information content (AvgIpc) is 2.93. The van der Waals surface area contributed by atoms with E-state index in [2.05, 4.69) is 30.7 Å². The number of nitrogens with one attached hydrogen (secondary N) is 3. The minimum Gasteiger partial charge on any atom is -0.379 e. The maximum absolute atomic E-state index is 12.6. The van der Waals surface area contributed by atoms with E-state index >= 15 is 0 Å². The number of carbonyl (C=O) groups is 2. The number of rotatable bonds is 11. The Morgan fingerprint density at radius 3 is 2.41 bits per heavy atom. The topological polar surface area (TPSA) is 98.8 Å². The number of ether oxygens (including phenoxy) is 1. The summed E-state index contributed by atoms with van der Waals surface area (Å²) in [6.07, 6.45) is 7.17. The Morgan fingerprint density at radius 1 is 0.892 bits per heavy atom. The zero-order valence-electron chi connectivity index (χ0n) is 21.5. The van der Waals surface area contributed by atoms with E-state index in [4.69, 9.17) is 4.74 Å². The second kappa shape index (κ2) is 14.5. The Kier molecular flexibility index (Phi) is 10.5. The second-order valence-corrected chi connectivity index (χ2v) is 9.39. The van der Waals surface area contributed by atoms with E-state index in [0.29, 0.717) is 17.8 Å². The summed E-state index contributed by atoms with van der Waals surface area (Å²) in [5.41, 5.74) is 1.91. The Balaban J connectivity index is 1.19. The molecule has 2 aromatic rings. The number of hydrogen-bond donors (Lipinski definition) is 3. The van der Waals surface area contributed by atoms with E-state index in [9.17, 15) is 9.59 Å². The van der Waals surface area contributed by atoms with Crippen molar-refractivity contribution in [3.8, 4) is 0 Å². The first-order valence-corrected chi connectivity index (χ1v) is 13.3. The maximum atomic E-state index is 12.6. The van der Waals surface area contributed by atoms with Crippen LogP contribution in [0.25, 0.3) is 6.08 Å². The monoisotopic (exact) mass is 506 g/mol. The zero-order valence-corrected chi connectivity index (χ0v) is 21.5. The van der Waals surface area contributed by atoms with Crippen molar-refractivity contribution in [2.24, 2.45) is 0 Å². The summed E-state index contributed by atoms with van der Waals surface area (Å²) in [6, 6.07) is 12.4. The highest BCUT2D eigenvalue weighted by molar-refractivity contribution is 6.07. The molecule has 9 nitrogen and oxygen atoms in total. The molecule has 0 unspecified atom stereocenters. The van der Waals surface area contributed by atoms with Gasteiger partial charge in [0.15, 0.2) is 5.78 Å². The standard InChI is InChI=1S/C28H38N6O3/c35-26(12-11-24-5-4-6-27(31-24)29-13-17-33-15-2-1-3-16-33)23-7-9-25(10-8-23)32-28(36)30-14-18-34-19-21-37-22-20-34/h4-12H,1-3,13-22H2,(H,29,31)(H2,30,32,36). The number of amides is 2. The number of urea groups is 1. The quantitative estimate of drug-likeness (QED) is 0.318. The van der Waals surface area contributed by atoms with Gasteiger partial charge in [0.2, 0.25) is 0 Å². The molecule has 1 aromatic heterocycles. The molecule has 0 radical (unpaired) electrons. The molecule has 0 bridgehead atoms. The zero-order chi connectivity index (χ0) is 25.7. The fraction of sp³-hybridized carbons (Fsp3) is 0.464. The summed E-state index contributed by atoms with van der Waals surface area (Å²) in [5, 5.41) is 9.05. The van der Waals surface area contributed by atoms with Crippen LogP contribution in [0.2, 0.25) is 0 Å². The number of benzene rings is 1. The molecule has 2 fully saturated rings. The summed E-state index contributed by atoms with van der Waals surface area (Å²) in [7, 11) is 0. The summed E-state index contributed by atoms with van der Waals surface area (Å²) >= 11 is 0. The van der Waals surface area contributed by atoms with Crippen LogP contribution in [0.15, 0.2) is 48.5 Å². The normalized spacial score (nSPS) is 17.0. The summed E-state index contributed by atoms with van der Waals surface area (Å²) in [5.74, 6) is 0.692. The number of aromatic nitrogens is 1. The highest BCUT2D eigenvalue weighted by atomic mass is 16.5. The van der Waals surface area contributed by atoms with Crippen LogP contribution in [0.3, 0.4) is 0 Å². The van der Waals surface area contributed by atoms with Crippen LogP contribution in [0, 0.1) is 0 Å². The van der Waals surface area contributed by atoms with Crippen molar-refractivity contribution in [2.75, 3.05) is 76.2 Å². The lowest BCUT2D eigenvalue weighted by Crippen LogP contribution is -2.42. The molecule has 37 heavy (non-hydrogen) atoms. The Hall–Kier alpha value is -3.27. The maximum Gasteiger partial charge on any atom is 0.319 e. The fourth-order valence-electron chi connectivity index (χ4n) is 4.47. The first-order chi connectivity index (χ1) is 18.2. The first-order valence-electron chi connectivity index (χ1n) is 13.3. The molecule has 198 valence electrons. The second-order valence-electron chi connectivity index (χ2n) is 9.39. The van der Waals surface area contributed by atoms with E-state index in [-0.39, 0.29) is 11.8 Å². The highest BCUT2D eigenvalue weighted by Gasteiger charge is 2.11. The molecule has 3 N–H and O–H groups in total. The minimum atomic E-state index is -0.261. The number of hydrogen-bond acceptors (Lipinski definition) is 7. The number of allylic oxidation sites excluding steroid dienone is 1. The van der Waals surface area contributed by atoms with Crippen molar-refractivity contribution in [2.45, 2.75) is 19.3 Å². The highest BCUT2D eigenvalue weighted by Crippen LogP contribution is 2.13. The Bertz CT molecular complexity index is 1030. The number of carbonyl (C=O) groups excluding carboxylic acids is 2. The summed E-state index contributed by atoms with van der Waals surface area (Å²) in [6.45, 7) is 8.86. The molecule has 0 atom stereocenters. The van der Waals surface area contributed by atoms with Gasteiger partial charge in [0.05, 0.1) is 18.9 Å². The van der Waals surface area contributed by atoms with Crippen molar-refractivity contribution in [1.82, 2.24) is 20.1 Å². The SMILES string of the molecule is O=C(NCCN1CCOCC1)Nc1ccc(C(=O)C=Cc2cccc(NCCN3CCCCC3)n2)cc1. The number of anilines is 2. The van der Waals surface area contributed by atoms with E-state index in [1.54, 1.807) is 30.3 Å². The number of morpholine rings is 1. The minimum absolute atomic E-state index is 0.119. The van der Waals surface area contributed by atoms with Crippen LogP contribution in [-0.4, -0.2) is 92.2 Å². The van der Waals surface area contributed by atoms with Gasteiger partial charge in [-0.05, 0) is 74.5 Å². The van der Waals surface area contributed by atoms with Crippen molar-refractivity contribution >= 4 is 29.4 Å². The third kappa shape index (κ3) is 9.27. The van der Waals surface area contributed by atoms with Gasteiger partial charge in [-0.1, -0.05) is 12.5 Å². The van der Waals surface area contributed by atoms with Gasteiger partial charge in [-0.15, -0.1) is 0 Å². The van der Waals surface area contributed by atoms with Gasteiger partial charge in [0, 0.05) is 50.5 Å². The largest absolute Gasteiger partial charge is 0.379 e. The van der Waals surface area contributed by atoms with Crippen molar-refractivity contribution in [3.05, 3.63) is 59.8 Å². The predicted molar refractivity (Wildman–Crippen MR) is 147 cm³/mol. The van der Waals surface area contributed by atoms with Crippen LogP contribution >= 0.6 is 0 Å². The lowest BCUT2D eigenvalue weighted by molar-refractivity contribution is 0.0388. The number of piperidine rings is 1. The lowest BCUT2D eigenvalue weighted by atomic mass is 10.1. The van der Waals surface area contributed by atoms with Gasteiger partial charge >= 0.3 is 6.03 Å². The molecular formula is C28H38N6O3. The molecule has 0 aliphatic carbocycles. The molecule has 2 amide bonds. The number of likely N-dealkylation sites (tertiary alicyclic amines) is 1. The smallest absolute Gasteiger partial charge is 0.319 e. The van der Waals surface area contributed by atoms with Crippen molar-refractivity contribution in [1.29, 1.82) is 0 Å². The Labute approximate surface area is 219 Å². The van der Waals surface area contributed by atoms with Gasteiger partial charge in [0.1, 0.15) is 5.82 Å². The fourth-order valence-corrected chi connectivity index (χ4v) is 4.47. The van der Waals surface area contributed by atoms with Gasteiger partial charge in [0.25, 0.3) is 0 Å². The Morgan fingerprint density at radius 2 is 1.62 bits per heavy atom. The summed E-state index contributed by atoms with van der Waals surface area (Å²) < 4.78 is 5.33. The third-order valence-electron chi connectivity index (χ3n) is 6.60. The van der Waals surface area contributed by atoms with Crippen LogP contribution in [-0.2, 0) is 4.74 Å². The van der Waals surface area contributed by atoms with E-state index in [0.717, 1.165) is 57.4 Å². The molecule has 0 saturated carbocycles. The lowest BCUT2D eigenvalue weighted by Gasteiger charge is -2.26. The van der Waals surface area contributed by atoms with E-state index in [1.807, 2.05) is 18.2 Å². The molecule has 2 aliphatic rings. The van der Waals surface area contributed by atoms with Crippen molar-refractivity contribution in [3.63, 3.8) is 0 Å². The van der Waals surface area contributed by atoms with Crippen LogP contribution in [0.1, 0.15) is 35.3 Å². The predicted octanol–water partition coefficient (Wildman–Crippen LogP) is 3.33.